The first-order chi connectivity index (χ1) is 15.4. The van der Waals surface area contributed by atoms with Crippen LogP contribution >= 0.6 is 0 Å². The molecule has 0 saturated carbocycles. The highest BCUT2D eigenvalue weighted by Gasteiger charge is 2.16. The fourth-order valence-electron chi connectivity index (χ4n) is 2.87. The van der Waals surface area contributed by atoms with Gasteiger partial charge < -0.3 is 19.5 Å². The van der Waals surface area contributed by atoms with Crippen LogP contribution in [-0.2, 0) is 20.7 Å². The van der Waals surface area contributed by atoms with Gasteiger partial charge >= 0.3 is 5.97 Å². The number of carbonyl (C=O) groups excluding carboxylic acids is 2. The smallest absolute Gasteiger partial charge is 0.344 e. The first kappa shape index (κ1) is 24.2. The minimum Gasteiger partial charge on any atom is -0.493 e. The molecule has 0 unspecified atom stereocenters. The van der Waals surface area contributed by atoms with Gasteiger partial charge in [0.15, 0.2) is 18.1 Å². The van der Waals surface area contributed by atoms with Crippen molar-refractivity contribution in [1.82, 2.24) is 0 Å². The molecule has 7 heteroatoms. The van der Waals surface area contributed by atoms with Gasteiger partial charge in [0.05, 0.1) is 13.7 Å². The third kappa shape index (κ3) is 6.74. The molecule has 0 bridgehead atoms. The number of nitriles is 1. The lowest BCUT2D eigenvalue weighted by Gasteiger charge is -2.15. The van der Waals surface area contributed by atoms with Gasteiger partial charge in [0, 0.05) is 11.3 Å². The topological polar surface area (TPSA) is 97.7 Å². The highest BCUT2D eigenvalue weighted by molar-refractivity contribution is 6.09. The van der Waals surface area contributed by atoms with E-state index in [4.69, 9.17) is 14.2 Å². The second-order valence-corrected chi connectivity index (χ2v) is 6.79. The van der Waals surface area contributed by atoms with Gasteiger partial charge in [-0.15, -0.1) is 6.58 Å². The summed E-state index contributed by atoms with van der Waals surface area (Å²) in [5.41, 5.74) is 2.84. The Labute approximate surface area is 187 Å². The van der Waals surface area contributed by atoms with Gasteiger partial charge in [-0.25, -0.2) is 4.79 Å². The van der Waals surface area contributed by atoms with E-state index in [1.807, 2.05) is 25.1 Å². The Morgan fingerprint density at radius 1 is 1.22 bits per heavy atom. The molecule has 2 aromatic carbocycles. The van der Waals surface area contributed by atoms with Crippen LogP contribution in [0.1, 0.15) is 23.6 Å². The second-order valence-electron chi connectivity index (χ2n) is 6.79. The van der Waals surface area contributed by atoms with Crippen LogP contribution in [0.4, 0.5) is 5.69 Å². The summed E-state index contributed by atoms with van der Waals surface area (Å²) in [6, 6.07) is 12.6. The van der Waals surface area contributed by atoms with Gasteiger partial charge in [0.25, 0.3) is 5.91 Å². The molecule has 0 radical (unpaired) electrons. The number of allylic oxidation sites excluding steroid dienone is 1. The van der Waals surface area contributed by atoms with Crippen LogP contribution in [0.15, 0.2) is 54.6 Å². The number of rotatable bonds is 10. The fourth-order valence-corrected chi connectivity index (χ4v) is 2.87. The average molecular weight is 434 g/mol. The lowest BCUT2D eigenvalue weighted by atomic mass is 10.0. The Balaban J connectivity index is 2.34. The van der Waals surface area contributed by atoms with Gasteiger partial charge in [-0.05, 0) is 56.2 Å². The molecular formula is C25H26N2O5. The van der Waals surface area contributed by atoms with Crippen molar-refractivity contribution < 1.29 is 23.8 Å². The maximum Gasteiger partial charge on any atom is 0.344 e. The van der Waals surface area contributed by atoms with E-state index in [-0.39, 0.29) is 18.8 Å². The molecule has 0 atom stereocenters. The number of hydrogen-bond donors (Lipinski definition) is 1. The Morgan fingerprint density at radius 3 is 2.53 bits per heavy atom. The molecule has 1 amide bonds. The molecule has 166 valence electrons. The van der Waals surface area contributed by atoms with Crippen LogP contribution in [0.25, 0.3) is 6.08 Å². The van der Waals surface area contributed by atoms with Crippen molar-refractivity contribution in [2.75, 3.05) is 25.6 Å². The van der Waals surface area contributed by atoms with Gasteiger partial charge in [0.2, 0.25) is 0 Å². The Bertz CT molecular complexity index is 1050. The predicted octanol–water partition coefficient (Wildman–Crippen LogP) is 4.22. The highest BCUT2D eigenvalue weighted by atomic mass is 16.6. The third-order valence-corrected chi connectivity index (χ3v) is 4.36. The zero-order chi connectivity index (χ0) is 23.5. The lowest BCUT2D eigenvalue weighted by molar-refractivity contribution is -0.145. The minimum atomic E-state index is -0.525. The zero-order valence-electron chi connectivity index (χ0n) is 18.4. The summed E-state index contributed by atoms with van der Waals surface area (Å²) in [6.45, 7) is 7.39. The summed E-state index contributed by atoms with van der Waals surface area (Å²) in [7, 11) is 1.47. The second kappa shape index (κ2) is 12.0. The van der Waals surface area contributed by atoms with Crippen molar-refractivity contribution in [3.8, 4) is 17.6 Å². The van der Waals surface area contributed by atoms with Gasteiger partial charge in [-0.2, -0.15) is 5.26 Å². The third-order valence-electron chi connectivity index (χ3n) is 4.36. The quantitative estimate of drug-likeness (QED) is 0.260. The summed E-state index contributed by atoms with van der Waals surface area (Å²) in [6.07, 6.45) is 3.57. The van der Waals surface area contributed by atoms with Crippen LogP contribution in [0, 0.1) is 18.3 Å². The lowest BCUT2D eigenvalue weighted by Crippen LogP contribution is -2.16. The molecule has 0 aliphatic heterocycles. The molecule has 0 spiro atoms. The highest BCUT2D eigenvalue weighted by Crippen LogP contribution is 2.34. The van der Waals surface area contributed by atoms with Crippen LogP contribution in [0.5, 0.6) is 11.5 Å². The molecule has 0 aliphatic rings. The van der Waals surface area contributed by atoms with E-state index < -0.39 is 11.9 Å². The fraction of sp³-hybridized carbons (Fsp3) is 0.240. The van der Waals surface area contributed by atoms with Crippen molar-refractivity contribution in [2.24, 2.45) is 0 Å². The van der Waals surface area contributed by atoms with Crippen molar-refractivity contribution in [3.05, 3.63) is 71.3 Å². The number of amides is 1. The van der Waals surface area contributed by atoms with E-state index in [1.165, 1.54) is 13.2 Å². The summed E-state index contributed by atoms with van der Waals surface area (Å²) in [5.74, 6) is -0.290. The van der Waals surface area contributed by atoms with Crippen LogP contribution in [0.2, 0.25) is 0 Å². The van der Waals surface area contributed by atoms with Crippen molar-refractivity contribution in [2.45, 2.75) is 20.3 Å². The SMILES string of the molecule is C=CCc1cc(/C=C(/C#N)C(=O)Nc2ccc(C)cc2)cc(OC)c1OCC(=O)OCC. The van der Waals surface area contributed by atoms with Gasteiger partial charge in [-0.1, -0.05) is 23.8 Å². The number of nitrogens with one attached hydrogen (secondary N) is 1. The zero-order valence-corrected chi connectivity index (χ0v) is 18.4. The number of hydrogen-bond acceptors (Lipinski definition) is 6. The molecule has 32 heavy (non-hydrogen) atoms. The van der Waals surface area contributed by atoms with E-state index >= 15 is 0 Å². The first-order valence-electron chi connectivity index (χ1n) is 10.0. The van der Waals surface area contributed by atoms with Gasteiger partial charge in [0.1, 0.15) is 11.6 Å². The molecule has 0 saturated heterocycles. The van der Waals surface area contributed by atoms with E-state index in [2.05, 4.69) is 11.9 Å². The van der Waals surface area contributed by atoms with Crippen molar-refractivity contribution >= 4 is 23.6 Å². The number of methoxy groups -OCH3 is 1. The maximum atomic E-state index is 12.6. The average Bonchev–Trinajstić information content (AvgIpc) is 2.78. The number of esters is 1. The maximum absolute atomic E-state index is 12.6. The van der Waals surface area contributed by atoms with Crippen LogP contribution in [-0.4, -0.2) is 32.2 Å². The number of benzene rings is 2. The molecule has 0 fully saturated rings. The van der Waals surface area contributed by atoms with Crippen LogP contribution < -0.4 is 14.8 Å². The summed E-state index contributed by atoms with van der Waals surface area (Å²) in [5, 5.41) is 12.2. The monoisotopic (exact) mass is 434 g/mol. The molecule has 0 aromatic heterocycles. The van der Waals surface area contributed by atoms with Crippen molar-refractivity contribution in [3.63, 3.8) is 0 Å². The molecular weight excluding hydrogens is 408 g/mol. The van der Waals surface area contributed by atoms with Gasteiger partial charge in [-0.3, -0.25) is 4.79 Å². The normalized spacial score (nSPS) is 10.6. The number of aryl methyl sites for hydroxylation is 1. The van der Waals surface area contributed by atoms with E-state index in [0.29, 0.717) is 34.7 Å². The van der Waals surface area contributed by atoms with E-state index in [1.54, 1.807) is 37.3 Å². The molecule has 1 N–H and O–H groups in total. The Hall–Kier alpha value is -4.05. The Kier molecular flexibility index (Phi) is 9.05. The molecule has 0 aliphatic carbocycles. The number of ether oxygens (including phenoxy) is 3. The standard InChI is InChI=1S/C25H26N2O5/c1-5-7-19-12-18(14-22(30-4)24(19)32-16-23(28)31-6-2)13-20(15-26)25(29)27-21-10-8-17(3)9-11-21/h5,8-14H,1,6-7,16H2,2-4H3,(H,27,29)/b20-13-. The molecule has 2 aromatic rings. The summed E-state index contributed by atoms with van der Waals surface area (Å²) < 4.78 is 16.0. The summed E-state index contributed by atoms with van der Waals surface area (Å²) >= 11 is 0. The summed E-state index contributed by atoms with van der Waals surface area (Å²) in [4.78, 5) is 24.3. The van der Waals surface area contributed by atoms with Crippen LogP contribution in [0.3, 0.4) is 0 Å². The molecule has 0 heterocycles. The number of carbonyl (C=O) groups is 2. The Morgan fingerprint density at radius 2 is 1.94 bits per heavy atom. The number of nitrogens with zero attached hydrogens (tertiary/aromatic N) is 1. The van der Waals surface area contributed by atoms with E-state index in [0.717, 1.165) is 5.56 Å². The predicted molar refractivity (Wildman–Crippen MR) is 122 cm³/mol. The largest absolute Gasteiger partial charge is 0.493 e. The number of anilines is 1. The van der Waals surface area contributed by atoms with Crippen molar-refractivity contribution in [1.29, 1.82) is 5.26 Å². The molecule has 2 rings (SSSR count). The van der Waals surface area contributed by atoms with E-state index in [9.17, 15) is 14.9 Å². The minimum absolute atomic E-state index is 0.0719. The first-order valence-corrected chi connectivity index (χ1v) is 10.0. The molecule has 7 nitrogen and oxygen atoms in total.